The lowest BCUT2D eigenvalue weighted by atomic mass is 10.2. The fraction of sp³-hybridized carbons (Fsp3) is 0.500. The van der Waals surface area contributed by atoms with E-state index in [0.29, 0.717) is 0 Å². The Morgan fingerprint density at radius 3 is 3.17 bits per heavy atom. The van der Waals surface area contributed by atoms with Crippen molar-refractivity contribution >= 4 is 15.4 Å². The van der Waals surface area contributed by atoms with Crippen LogP contribution in [0.1, 0.15) is 6.92 Å². The van der Waals surface area contributed by atoms with Gasteiger partial charge in [-0.05, 0) is 19.2 Å². The van der Waals surface area contributed by atoms with Gasteiger partial charge in [0.2, 0.25) is 0 Å². The SMILES string of the molecule is C[CH]1OC(O)C2C=CC=C[N]2[AlH]1. The van der Waals surface area contributed by atoms with Gasteiger partial charge in [0, 0.05) is 4.97 Å². The summed E-state index contributed by atoms with van der Waals surface area (Å²) in [4.78, 5) is 0.243. The largest absolute Gasteiger partial charge is 0.460 e. The van der Waals surface area contributed by atoms with E-state index < -0.39 is 6.29 Å². The van der Waals surface area contributed by atoms with Crippen LogP contribution < -0.4 is 0 Å². The van der Waals surface area contributed by atoms with Crippen molar-refractivity contribution in [3.63, 3.8) is 0 Å². The van der Waals surface area contributed by atoms with Crippen LogP contribution in [0.15, 0.2) is 24.4 Å². The Morgan fingerprint density at radius 2 is 2.33 bits per heavy atom. The third kappa shape index (κ3) is 1.44. The molecule has 2 aliphatic rings. The topological polar surface area (TPSA) is 32.7 Å². The van der Waals surface area contributed by atoms with Gasteiger partial charge in [0.05, 0.1) is 6.04 Å². The minimum absolute atomic E-state index is 0.0675. The molecule has 0 saturated carbocycles. The maximum atomic E-state index is 9.55. The molecule has 1 fully saturated rings. The summed E-state index contributed by atoms with van der Waals surface area (Å²) >= 11 is -0.379. The predicted octanol–water partition coefficient (Wildman–Crippen LogP) is -0.213. The van der Waals surface area contributed by atoms with Gasteiger partial charge in [-0.2, -0.15) is 0 Å². The van der Waals surface area contributed by atoms with Crippen LogP contribution in [0.5, 0.6) is 0 Å². The first-order valence-electron chi connectivity index (χ1n) is 4.21. The van der Waals surface area contributed by atoms with Gasteiger partial charge in [-0.1, -0.05) is 12.2 Å². The van der Waals surface area contributed by atoms with Crippen LogP contribution in [0.2, 0.25) is 0 Å². The van der Waals surface area contributed by atoms with Crippen molar-refractivity contribution in [2.24, 2.45) is 0 Å². The van der Waals surface area contributed by atoms with Gasteiger partial charge in [0.15, 0.2) is 6.29 Å². The van der Waals surface area contributed by atoms with Crippen LogP contribution in [0, 0.1) is 0 Å². The summed E-state index contributed by atoms with van der Waals surface area (Å²) in [7, 11) is 0. The van der Waals surface area contributed by atoms with Gasteiger partial charge < -0.3 is 13.7 Å². The fourth-order valence-corrected chi connectivity index (χ4v) is 3.31. The van der Waals surface area contributed by atoms with Crippen LogP contribution in [-0.2, 0) is 4.74 Å². The number of allylic oxidation sites excluding steroid dienone is 2. The molecule has 2 heterocycles. The molecule has 12 heavy (non-hydrogen) atoms. The molecule has 3 unspecified atom stereocenters. The Bertz CT molecular complexity index is 229. The number of fused-ring (bicyclic) bond motifs is 1. The molecule has 0 aromatic carbocycles. The molecule has 2 aliphatic heterocycles. The Labute approximate surface area is 78.2 Å². The number of rotatable bonds is 0. The lowest BCUT2D eigenvalue weighted by Crippen LogP contribution is -2.53. The van der Waals surface area contributed by atoms with E-state index in [1.165, 1.54) is 0 Å². The van der Waals surface area contributed by atoms with Crippen LogP contribution in [0.3, 0.4) is 0 Å². The van der Waals surface area contributed by atoms with E-state index in [-0.39, 0.29) is 26.4 Å². The molecule has 0 spiro atoms. The minimum Gasteiger partial charge on any atom is -0.460 e. The highest BCUT2D eigenvalue weighted by Gasteiger charge is 2.33. The lowest BCUT2D eigenvalue weighted by molar-refractivity contribution is -0.143. The maximum Gasteiger partial charge on any atom is 0.423 e. The second kappa shape index (κ2) is 3.23. The van der Waals surface area contributed by atoms with E-state index >= 15 is 0 Å². The van der Waals surface area contributed by atoms with Crippen molar-refractivity contribution < 1.29 is 9.84 Å². The molecule has 3 nitrogen and oxygen atoms in total. The summed E-state index contributed by atoms with van der Waals surface area (Å²) in [5.41, 5.74) is 0. The maximum absolute atomic E-state index is 9.55. The predicted molar refractivity (Wildman–Crippen MR) is 47.6 cm³/mol. The van der Waals surface area contributed by atoms with Crippen molar-refractivity contribution in [3.8, 4) is 0 Å². The lowest BCUT2D eigenvalue weighted by Gasteiger charge is -2.40. The molecule has 1 N–H and O–H groups in total. The van der Waals surface area contributed by atoms with Gasteiger partial charge in [-0.15, -0.1) is 0 Å². The second-order valence-corrected chi connectivity index (χ2v) is 5.50. The normalized spacial score (nSPS) is 39.2. The summed E-state index contributed by atoms with van der Waals surface area (Å²) in [5.74, 6) is 0. The summed E-state index contributed by atoms with van der Waals surface area (Å²) in [5, 5.41) is 9.55. The van der Waals surface area contributed by atoms with Crippen LogP contribution in [0.4, 0.5) is 0 Å². The van der Waals surface area contributed by atoms with Crippen LogP contribution in [0.25, 0.3) is 0 Å². The molecular weight excluding hydrogens is 169 g/mol. The number of aliphatic hydroxyl groups excluding tert-OH is 1. The van der Waals surface area contributed by atoms with Crippen molar-refractivity contribution in [2.45, 2.75) is 24.2 Å². The van der Waals surface area contributed by atoms with E-state index in [1.54, 1.807) is 0 Å². The Morgan fingerprint density at radius 1 is 1.50 bits per heavy atom. The summed E-state index contributed by atoms with van der Waals surface area (Å²) in [6.07, 6.45) is 7.36. The second-order valence-electron chi connectivity index (χ2n) is 3.25. The average molecular weight is 181 g/mol. The standard InChI is InChI=1S/C8H11NO2.Al.H/c1-2-11-8(10)7-5-3-4-6-9-7;;/h2-8,10H,1H3;;/q-1;+1;. The van der Waals surface area contributed by atoms with E-state index in [2.05, 4.69) is 10.1 Å². The van der Waals surface area contributed by atoms with Gasteiger partial charge in [-0.25, -0.2) is 0 Å². The fourth-order valence-electron chi connectivity index (χ4n) is 1.65. The van der Waals surface area contributed by atoms with Crippen molar-refractivity contribution in [1.82, 2.24) is 3.88 Å². The smallest absolute Gasteiger partial charge is 0.423 e. The molecule has 0 bridgehead atoms. The Hall–Kier alpha value is -0.268. The van der Waals surface area contributed by atoms with Crippen molar-refractivity contribution in [3.05, 3.63) is 24.4 Å². The molecule has 4 heteroatoms. The number of aliphatic hydroxyl groups is 1. The zero-order chi connectivity index (χ0) is 8.55. The first kappa shape index (κ1) is 8.34. The summed E-state index contributed by atoms with van der Waals surface area (Å²) in [6.45, 7) is 2.03. The third-order valence-electron chi connectivity index (χ3n) is 2.21. The van der Waals surface area contributed by atoms with Crippen molar-refractivity contribution in [2.75, 3.05) is 0 Å². The van der Waals surface area contributed by atoms with Crippen LogP contribution >= 0.6 is 0 Å². The van der Waals surface area contributed by atoms with Crippen LogP contribution in [-0.4, -0.2) is 41.7 Å². The van der Waals surface area contributed by atoms with Gasteiger partial charge >= 0.3 is 15.4 Å². The number of hydrogen-bond donors (Lipinski definition) is 1. The highest BCUT2D eigenvalue weighted by Crippen LogP contribution is 2.18. The minimum atomic E-state index is -0.651. The number of hydrogen-bond acceptors (Lipinski definition) is 3. The first-order valence-corrected chi connectivity index (χ1v) is 5.66. The van der Waals surface area contributed by atoms with E-state index in [1.807, 2.05) is 25.2 Å². The summed E-state index contributed by atoms with van der Waals surface area (Å²) in [6, 6.07) is 0.0675. The molecule has 0 aromatic rings. The van der Waals surface area contributed by atoms with Crippen molar-refractivity contribution in [1.29, 1.82) is 0 Å². The molecule has 0 radical (unpaired) electrons. The quantitative estimate of drug-likeness (QED) is 0.525. The molecule has 0 amide bonds. The third-order valence-corrected chi connectivity index (χ3v) is 3.97. The van der Waals surface area contributed by atoms with Gasteiger partial charge in [-0.3, -0.25) is 0 Å². The van der Waals surface area contributed by atoms with Gasteiger partial charge in [0.1, 0.15) is 0 Å². The molecule has 1 saturated heterocycles. The molecule has 3 atom stereocenters. The zero-order valence-electron chi connectivity index (χ0n) is 7.05. The average Bonchev–Trinajstić information content (AvgIpc) is 2.04. The molecule has 64 valence electrons. The molecule has 0 aliphatic carbocycles. The van der Waals surface area contributed by atoms with E-state index in [4.69, 9.17) is 4.74 Å². The molecular formula is C8H12AlNO2. The highest BCUT2D eigenvalue weighted by atomic mass is 27.1. The Balaban J connectivity index is 2.14. The number of ether oxygens (including phenoxy) is 1. The zero-order valence-corrected chi connectivity index (χ0v) is 8.47. The highest BCUT2D eigenvalue weighted by molar-refractivity contribution is 6.34. The molecule has 0 aromatic heterocycles. The number of nitrogens with zero attached hydrogens (tertiary/aromatic N) is 1. The molecule has 2 rings (SSSR count). The van der Waals surface area contributed by atoms with E-state index in [0.717, 1.165) is 0 Å². The van der Waals surface area contributed by atoms with E-state index in [9.17, 15) is 5.11 Å². The monoisotopic (exact) mass is 181 g/mol. The first-order chi connectivity index (χ1) is 5.77. The summed E-state index contributed by atoms with van der Waals surface area (Å²) < 4.78 is 7.58. The Kier molecular flexibility index (Phi) is 2.25. The van der Waals surface area contributed by atoms with Gasteiger partial charge in [0.25, 0.3) is 0 Å².